The number of thioether (sulfide) groups is 1. The number of hydrogen-bond acceptors (Lipinski definition) is 7. The molecule has 0 aliphatic heterocycles. The van der Waals surface area contributed by atoms with Gasteiger partial charge in [-0.1, -0.05) is 29.2 Å². The molecular formula is C14H11N5OS2. The Balaban J connectivity index is 1.58. The summed E-state index contributed by atoms with van der Waals surface area (Å²) in [4.78, 5) is 20.1. The SMILES string of the molecule is O=C(Nc1nnc(SCc2ccccn2)s1)c1ccncc1. The van der Waals surface area contributed by atoms with Crippen LogP contribution in [0, 0.1) is 0 Å². The minimum atomic E-state index is -0.222. The Hall–Kier alpha value is -2.32. The van der Waals surface area contributed by atoms with Crippen LogP contribution < -0.4 is 5.32 Å². The summed E-state index contributed by atoms with van der Waals surface area (Å²) in [5, 5.41) is 11.2. The van der Waals surface area contributed by atoms with Gasteiger partial charge >= 0.3 is 0 Å². The molecule has 1 N–H and O–H groups in total. The number of carbonyl (C=O) groups is 1. The quantitative estimate of drug-likeness (QED) is 0.572. The fraction of sp³-hybridized carbons (Fsp3) is 0.0714. The van der Waals surface area contributed by atoms with Gasteiger partial charge in [-0.3, -0.25) is 20.1 Å². The third-order valence-corrected chi connectivity index (χ3v) is 4.64. The molecule has 0 unspecified atom stereocenters. The standard InChI is InChI=1S/C14H11N5OS2/c20-12(10-4-7-15-8-5-10)17-13-18-19-14(22-13)21-9-11-3-1-2-6-16-11/h1-8H,9H2,(H,17,18,20). The van der Waals surface area contributed by atoms with E-state index in [1.54, 1.807) is 30.7 Å². The number of pyridine rings is 2. The van der Waals surface area contributed by atoms with Crippen molar-refractivity contribution in [3.8, 4) is 0 Å². The van der Waals surface area contributed by atoms with Crippen LogP contribution in [0.3, 0.4) is 0 Å². The van der Waals surface area contributed by atoms with Crippen LogP contribution in [-0.2, 0) is 5.75 Å². The number of hydrogen-bond donors (Lipinski definition) is 1. The van der Waals surface area contributed by atoms with E-state index in [2.05, 4.69) is 25.5 Å². The van der Waals surface area contributed by atoms with Crippen molar-refractivity contribution in [1.82, 2.24) is 20.2 Å². The minimum absolute atomic E-state index is 0.222. The van der Waals surface area contributed by atoms with Crippen LogP contribution in [0.2, 0.25) is 0 Å². The fourth-order valence-corrected chi connectivity index (χ4v) is 3.27. The van der Waals surface area contributed by atoms with Gasteiger partial charge in [-0.05, 0) is 24.3 Å². The van der Waals surface area contributed by atoms with Crippen molar-refractivity contribution in [2.75, 3.05) is 5.32 Å². The number of amides is 1. The second kappa shape index (κ2) is 7.10. The Morgan fingerprint density at radius 3 is 2.77 bits per heavy atom. The largest absolute Gasteiger partial charge is 0.296 e. The lowest BCUT2D eigenvalue weighted by Gasteiger charge is -1.99. The van der Waals surface area contributed by atoms with Crippen molar-refractivity contribution in [3.63, 3.8) is 0 Å². The number of carbonyl (C=O) groups excluding carboxylic acids is 1. The van der Waals surface area contributed by atoms with Gasteiger partial charge in [0.15, 0.2) is 4.34 Å². The first-order chi connectivity index (χ1) is 10.8. The van der Waals surface area contributed by atoms with E-state index in [1.807, 2.05) is 18.2 Å². The molecule has 0 aliphatic rings. The van der Waals surface area contributed by atoms with E-state index in [0.29, 0.717) is 16.4 Å². The predicted octanol–water partition coefficient (Wildman–Crippen LogP) is 2.87. The van der Waals surface area contributed by atoms with Gasteiger partial charge < -0.3 is 0 Å². The molecule has 6 nitrogen and oxygen atoms in total. The van der Waals surface area contributed by atoms with Crippen LogP contribution in [0.25, 0.3) is 0 Å². The summed E-state index contributed by atoms with van der Waals surface area (Å²) in [6.07, 6.45) is 4.91. The van der Waals surface area contributed by atoms with Crippen molar-refractivity contribution >= 4 is 34.1 Å². The highest BCUT2D eigenvalue weighted by Crippen LogP contribution is 2.27. The van der Waals surface area contributed by atoms with Crippen LogP contribution >= 0.6 is 23.1 Å². The first-order valence-electron chi connectivity index (χ1n) is 6.39. The van der Waals surface area contributed by atoms with Gasteiger partial charge in [-0.15, -0.1) is 10.2 Å². The van der Waals surface area contributed by atoms with Gasteiger partial charge in [-0.25, -0.2) is 0 Å². The van der Waals surface area contributed by atoms with Crippen molar-refractivity contribution in [2.24, 2.45) is 0 Å². The molecule has 0 saturated heterocycles. The van der Waals surface area contributed by atoms with Crippen molar-refractivity contribution in [1.29, 1.82) is 0 Å². The van der Waals surface area contributed by atoms with Gasteiger partial charge in [0.1, 0.15) is 0 Å². The second-order valence-corrected chi connectivity index (χ2v) is 6.37. The van der Waals surface area contributed by atoms with E-state index in [1.165, 1.54) is 23.1 Å². The van der Waals surface area contributed by atoms with Crippen LogP contribution in [0.4, 0.5) is 5.13 Å². The molecule has 3 heterocycles. The normalized spacial score (nSPS) is 10.4. The molecule has 0 spiro atoms. The van der Waals surface area contributed by atoms with Gasteiger partial charge in [0.05, 0.1) is 5.69 Å². The molecule has 0 atom stereocenters. The molecule has 0 radical (unpaired) electrons. The lowest BCUT2D eigenvalue weighted by Crippen LogP contribution is -2.11. The van der Waals surface area contributed by atoms with E-state index in [0.717, 1.165) is 10.0 Å². The monoisotopic (exact) mass is 329 g/mol. The zero-order valence-electron chi connectivity index (χ0n) is 11.3. The predicted molar refractivity (Wildman–Crippen MR) is 85.9 cm³/mol. The highest BCUT2D eigenvalue weighted by atomic mass is 32.2. The molecule has 3 aromatic rings. The summed E-state index contributed by atoms with van der Waals surface area (Å²) in [5.74, 6) is 0.494. The smallest absolute Gasteiger partial charge is 0.257 e. The topological polar surface area (TPSA) is 80.7 Å². The molecule has 0 aromatic carbocycles. The zero-order chi connectivity index (χ0) is 15.2. The molecule has 22 heavy (non-hydrogen) atoms. The van der Waals surface area contributed by atoms with Gasteiger partial charge in [0, 0.05) is 29.9 Å². The minimum Gasteiger partial charge on any atom is -0.296 e. The molecule has 0 bridgehead atoms. The third-order valence-electron chi connectivity index (χ3n) is 2.64. The highest BCUT2D eigenvalue weighted by Gasteiger charge is 2.10. The lowest BCUT2D eigenvalue weighted by molar-refractivity contribution is 0.102. The van der Waals surface area contributed by atoms with Crippen LogP contribution in [0.15, 0.2) is 53.3 Å². The lowest BCUT2D eigenvalue weighted by atomic mass is 10.2. The summed E-state index contributed by atoms with van der Waals surface area (Å²) in [6, 6.07) is 9.08. The Kier molecular flexibility index (Phi) is 4.71. The number of rotatable bonds is 5. The molecule has 1 amide bonds. The maximum absolute atomic E-state index is 12.0. The molecule has 0 aliphatic carbocycles. The second-order valence-electron chi connectivity index (χ2n) is 4.17. The molecule has 3 rings (SSSR count). The Labute approximate surface area is 135 Å². The number of aromatic nitrogens is 4. The van der Waals surface area contributed by atoms with Crippen molar-refractivity contribution in [2.45, 2.75) is 10.1 Å². The maximum Gasteiger partial charge on any atom is 0.257 e. The zero-order valence-corrected chi connectivity index (χ0v) is 13.0. The average Bonchev–Trinajstić information content (AvgIpc) is 3.02. The van der Waals surface area contributed by atoms with E-state index in [-0.39, 0.29) is 5.91 Å². The summed E-state index contributed by atoms with van der Waals surface area (Å²) in [5.41, 5.74) is 1.51. The Bertz CT molecular complexity index is 748. The molecular weight excluding hydrogens is 318 g/mol. The van der Waals surface area contributed by atoms with E-state index >= 15 is 0 Å². The number of nitrogens with zero attached hydrogens (tertiary/aromatic N) is 4. The van der Waals surface area contributed by atoms with Gasteiger partial charge in [0.25, 0.3) is 5.91 Å². The molecule has 0 fully saturated rings. The van der Waals surface area contributed by atoms with Crippen molar-refractivity contribution < 1.29 is 4.79 Å². The van der Waals surface area contributed by atoms with Crippen LogP contribution in [0.1, 0.15) is 16.1 Å². The fourth-order valence-electron chi connectivity index (χ4n) is 1.61. The van der Waals surface area contributed by atoms with Gasteiger partial charge in [-0.2, -0.15) is 0 Å². The first kappa shape index (κ1) is 14.6. The molecule has 110 valence electrons. The van der Waals surface area contributed by atoms with E-state index in [9.17, 15) is 4.79 Å². The van der Waals surface area contributed by atoms with Crippen LogP contribution in [0.5, 0.6) is 0 Å². The summed E-state index contributed by atoms with van der Waals surface area (Å²) < 4.78 is 0.788. The summed E-state index contributed by atoms with van der Waals surface area (Å²) >= 11 is 2.88. The van der Waals surface area contributed by atoms with E-state index < -0.39 is 0 Å². The Morgan fingerprint density at radius 2 is 2.00 bits per heavy atom. The molecule has 0 saturated carbocycles. The molecule has 3 aromatic heterocycles. The average molecular weight is 329 g/mol. The third kappa shape index (κ3) is 3.86. The Morgan fingerprint density at radius 1 is 1.14 bits per heavy atom. The summed E-state index contributed by atoms with van der Waals surface area (Å²) in [7, 11) is 0. The van der Waals surface area contributed by atoms with Crippen LogP contribution in [-0.4, -0.2) is 26.1 Å². The molecule has 8 heteroatoms. The summed E-state index contributed by atoms with van der Waals surface area (Å²) in [6.45, 7) is 0. The van der Waals surface area contributed by atoms with Gasteiger partial charge in [0.2, 0.25) is 5.13 Å². The maximum atomic E-state index is 12.0. The van der Waals surface area contributed by atoms with E-state index in [4.69, 9.17) is 0 Å². The highest BCUT2D eigenvalue weighted by molar-refractivity contribution is 8.00. The number of nitrogens with one attached hydrogen (secondary N) is 1. The van der Waals surface area contributed by atoms with Crippen molar-refractivity contribution in [3.05, 3.63) is 60.2 Å². The first-order valence-corrected chi connectivity index (χ1v) is 8.19. The number of anilines is 1.